The highest BCUT2D eigenvalue weighted by atomic mass is 32.1. The van der Waals surface area contributed by atoms with Crippen LogP contribution in [0.4, 0.5) is 5.69 Å². The molecule has 1 N–H and O–H groups in total. The fourth-order valence-electron chi connectivity index (χ4n) is 4.16. The lowest BCUT2D eigenvalue weighted by Crippen LogP contribution is -2.33. The Labute approximate surface area is 168 Å². The van der Waals surface area contributed by atoms with Crippen molar-refractivity contribution >= 4 is 33.1 Å². The average Bonchev–Trinajstić information content (AvgIpc) is 3.02. The van der Waals surface area contributed by atoms with Crippen LogP contribution in [0.2, 0.25) is 0 Å². The van der Waals surface area contributed by atoms with E-state index in [1.807, 2.05) is 32.9 Å². The number of rotatable bonds is 4. The van der Waals surface area contributed by atoms with E-state index in [2.05, 4.69) is 16.4 Å². The molecule has 5 nitrogen and oxygen atoms in total. The summed E-state index contributed by atoms with van der Waals surface area (Å²) in [6.07, 6.45) is 6.31. The summed E-state index contributed by atoms with van der Waals surface area (Å²) in [6, 6.07) is 5.37. The Bertz CT molecular complexity index is 1090. The zero-order valence-electron chi connectivity index (χ0n) is 16.5. The summed E-state index contributed by atoms with van der Waals surface area (Å²) < 4.78 is 1.52. The molecule has 28 heavy (non-hydrogen) atoms. The van der Waals surface area contributed by atoms with Crippen LogP contribution >= 0.6 is 11.3 Å². The third-order valence-electron chi connectivity index (χ3n) is 5.41. The molecule has 1 unspecified atom stereocenters. The number of hydrogen-bond acceptors (Lipinski definition) is 4. The van der Waals surface area contributed by atoms with Crippen LogP contribution in [-0.2, 0) is 17.6 Å². The van der Waals surface area contributed by atoms with Crippen LogP contribution in [0.3, 0.4) is 0 Å². The summed E-state index contributed by atoms with van der Waals surface area (Å²) in [5.74, 6) is -0.181. The number of hydrogen-bond donors (Lipinski definition) is 1. The maximum Gasteiger partial charge on any atom is 0.263 e. The van der Waals surface area contributed by atoms with Crippen molar-refractivity contribution in [3.8, 4) is 0 Å². The predicted octanol–water partition coefficient (Wildman–Crippen LogP) is 4.54. The number of benzene rings is 1. The van der Waals surface area contributed by atoms with Gasteiger partial charge in [0.25, 0.3) is 5.56 Å². The molecule has 3 aromatic rings. The number of nitrogens with zero attached hydrogens (tertiary/aromatic N) is 2. The van der Waals surface area contributed by atoms with Gasteiger partial charge in [-0.25, -0.2) is 4.98 Å². The normalized spacial score (nSPS) is 14.7. The van der Waals surface area contributed by atoms with Gasteiger partial charge in [-0.05, 0) is 74.8 Å². The number of aromatic nitrogens is 2. The molecule has 0 aliphatic heterocycles. The van der Waals surface area contributed by atoms with Crippen molar-refractivity contribution in [2.24, 2.45) is 0 Å². The lowest BCUT2D eigenvalue weighted by Gasteiger charge is -2.18. The zero-order valence-corrected chi connectivity index (χ0v) is 17.4. The largest absolute Gasteiger partial charge is 0.324 e. The standard InChI is InChI=1S/C22H25N3O2S/c1-4-17(20(26)24-15-10-13(2)9-14(3)11-15)25-12-23-21-19(22(25)27)16-7-5-6-8-18(16)28-21/h9-12,17H,4-8H2,1-3H3,(H,24,26). The van der Waals surface area contributed by atoms with Gasteiger partial charge in [0.2, 0.25) is 5.91 Å². The number of anilines is 1. The van der Waals surface area contributed by atoms with Crippen LogP contribution in [0, 0.1) is 13.8 Å². The van der Waals surface area contributed by atoms with Gasteiger partial charge < -0.3 is 5.32 Å². The lowest BCUT2D eigenvalue weighted by atomic mass is 9.97. The monoisotopic (exact) mass is 395 g/mol. The van der Waals surface area contributed by atoms with E-state index < -0.39 is 6.04 Å². The van der Waals surface area contributed by atoms with Crippen LogP contribution in [-0.4, -0.2) is 15.5 Å². The molecule has 0 saturated heterocycles. The molecule has 146 valence electrons. The Morgan fingerprint density at radius 1 is 1.21 bits per heavy atom. The van der Waals surface area contributed by atoms with Crippen molar-refractivity contribution in [2.75, 3.05) is 5.32 Å². The van der Waals surface area contributed by atoms with E-state index in [0.29, 0.717) is 6.42 Å². The van der Waals surface area contributed by atoms with E-state index >= 15 is 0 Å². The van der Waals surface area contributed by atoms with Gasteiger partial charge >= 0.3 is 0 Å². The van der Waals surface area contributed by atoms with Crippen molar-refractivity contribution in [1.82, 2.24) is 9.55 Å². The van der Waals surface area contributed by atoms with E-state index in [1.54, 1.807) is 17.7 Å². The number of fused-ring (bicyclic) bond motifs is 3. The molecule has 1 atom stereocenters. The van der Waals surface area contributed by atoms with Gasteiger partial charge in [-0.3, -0.25) is 14.2 Å². The molecule has 1 aliphatic carbocycles. The quantitative estimate of drug-likeness (QED) is 0.705. The first-order valence-corrected chi connectivity index (χ1v) is 10.7. The predicted molar refractivity (Wildman–Crippen MR) is 114 cm³/mol. The molecular formula is C22H25N3O2S. The number of thiophene rings is 1. The highest BCUT2D eigenvalue weighted by Gasteiger charge is 2.25. The van der Waals surface area contributed by atoms with Crippen molar-refractivity contribution in [3.05, 3.63) is 56.4 Å². The molecular weight excluding hydrogens is 370 g/mol. The number of aryl methyl sites for hydroxylation is 4. The van der Waals surface area contributed by atoms with Gasteiger partial charge in [-0.1, -0.05) is 13.0 Å². The third-order valence-corrected chi connectivity index (χ3v) is 6.61. The molecule has 1 aromatic carbocycles. The number of nitrogens with one attached hydrogen (secondary N) is 1. The van der Waals surface area contributed by atoms with E-state index in [-0.39, 0.29) is 11.5 Å². The number of carbonyl (C=O) groups is 1. The van der Waals surface area contributed by atoms with Crippen molar-refractivity contribution in [1.29, 1.82) is 0 Å². The molecule has 0 fully saturated rings. The summed E-state index contributed by atoms with van der Waals surface area (Å²) in [7, 11) is 0. The Hall–Kier alpha value is -2.47. The summed E-state index contributed by atoms with van der Waals surface area (Å²) in [4.78, 5) is 32.9. The maximum absolute atomic E-state index is 13.3. The summed E-state index contributed by atoms with van der Waals surface area (Å²) in [5.41, 5.74) is 4.01. The van der Waals surface area contributed by atoms with Crippen molar-refractivity contribution in [2.45, 2.75) is 58.9 Å². The number of amides is 1. The Morgan fingerprint density at radius 3 is 2.64 bits per heavy atom. The van der Waals surface area contributed by atoms with E-state index in [9.17, 15) is 9.59 Å². The zero-order chi connectivity index (χ0) is 19.8. The van der Waals surface area contributed by atoms with Crippen molar-refractivity contribution < 1.29 is 4.79 Å². The highest BCUT2D eigenvalue weighted by Crippen LogP contribution is 2.33. The Kier molecular flexibility index (Phi) is 5.06. The minimum absolute atomic E-state index is 0.0909. The summed E-state index contributed by atoms with van der Waals surface area (Å²) in [6.45, 7) is 5.93. The van der Waals surface area contributed by atoms with Crippen LogP contribution in [0.5, 0.6) is 0 Å². The second-order valence-electron chi connectivity index (χ2n) is 7.64. The molecule has 0 radical (unpaired) electrons. The molecule has 2 heterocycles. The first kappa shape index (κ1) is 18.9. The maximum atomic E-state index is 13.3. The smallest absolute Gasteiger partial charge is 0.263 e. The van der Waals surface area contributed by atoms with Crippen LogP contribution in [0.15, 0.2) is 29.3 Å². The van der Waals surface area contributed by atoms with Gasteiger partial charge in [0.1, 0.15) is 10.9 Å². The van der Waals surface area contributed by atoms with Crippen molar-refractivity contribution in [3.63, 3.8) is 0 Å². The molecule has 0 bridgehead atoms. The van der Waals surface area contributed by atoms with Crippen LogP contribution in [0.1, 0.15) is 53.8 Å². The van der Waals surface area contributed by atoms with Gasteiger partial charge in [-0.2, -0.15) is 0 Å². The van der Waals surface area contributed by atoms with E-state index in [1.165, 1.54) is 15.9 Å². The highest BCUT2D eigenvalue weighted by molar-refractivity contribution is 7.18. The second-order valence-corrected chi connectivity index (χ2v) is 8.72. The van der Waals surface area contributed by atoms with Crippen LogP contribution in [0.25, 0.3) is 10.2 Å². The molecule has 2 aromatic heterocycles. The Balaban J connectivity index is 1.71. The molecule has 1 aliphatic rings. The first-order valence-electron chi connectivity index (χ1n) is 9.88. The van der Waals surface area contributed by atoms with Gasteiger partial charge in [0.15, 0.2) is 0 Å². The molecule has 0 spiro atoms. The molecule has 0 saturated carbocycles. The molecule has 4 rings (SSSR count). The lowest BCUT2D eigenvalue weighted by molar-refractivity contribution is -0.119. The Morgan fingerprint density at radius 2 is 1.93 bits per heavy atom. The van der Waals surface area contributed by atoms with Gasteiger partial charge in [-0.15, -0.1) is 11.3 Å². The first-order chi connectivity index (χ1) is 13.5. The van der Waals surface area contributed by atoms with E-state index in [0.717, 1.165) is 51.9 Å². The van der Waals surface area contributed by atoms with Gasteiger partial charge in [0, 0.05) is 10.6 Å². The van der Waals surface area contributed by atoms with Gasteiger partial charge in [0.05, 0.1) is 11.7 Å². The number of carbonyl (C=O) groups excluding carboxylic acids is 1. The fraction of sp³-hybridized carbons (Fsp3) is 0.409. The van der Waals surface area contributed by atoms with E-state index in [4.69, 9.17) is 0 Å². The second kappa shape index (κ2) is 7.51. The fourth-order valence-corrected chi connectivity index (χ4v) is 5.38. The SMILES string of the molecule is CCC(C(=O)Nc1cc(C)cc(C)c1)n1cnc2sc3c(c2c1=O)CCCC3. The third kappa shape index (κ3) is 3.37. The topological polar surface area (TPSA) is 64.0 Å². The average molecular weight is 396 g/mol. The minimum atomic E-state index is -0.579. The molecule has 1 amide bonds. The minimum Gasteiger partial charge on any atom is -0.324 e. The van der Waals surface area contributed by atoms with Crippen LogP contribution < -0.4 is 10.9 Å². The molecule has 6 heteroatoms. The summed E-state index contributed by atoms with van der Waals surface area (Å²) in [5, 5.41) is 3.70. The summed E-state index contributed by atoms with van der Waals surface area (Å²) >= 11 is 1.63.